The first-order valence-corrected chi connectivity index (χ1v) is 5.88. The van der Waals surface area contributed by atoms with Gasteiger partial charge >= 0.3 is 6.18 Å². The summed E-state index contributed by atoms with van der Waals surface area (Å²) in [6, 6.07) is 5.59. The van der Waals surface area contributed by atoms with E-state index in [0.29, 0.717) is 13.2 Å². The quantitative estimate of drug-likeness (QED) is 0.794. The third kappa shape index (κ3) is 5.06. The summed E-state index contributed by atoms with van der Waals surface area (Å²) in [5.41, 5.74) is -0.322. The lowest BCUT2D eigenvalue weighted by Crippen LogP contribution is -2.22. The molecule has 0 aromatic heterocycles. The molecule has 1 rings (SSSR count). The van der Waals surface area contributed by atoms with Gasteiger partial charge in [-0.1, -0.05) is 18.2 Å². The Hall–Kier alpha value is -1.07. The highest BCUT2D eigenvalue weighted by Crippen LogP contribution is 2.31. The SMILES string of the molecule is CC(C)OCCNCc1ccccc1C(F)(F)F. The second-order valence-corrected chi connectivity index (χ2v) is 4.25. The number of rotatable bonds is 6. The van der Waals surface area contributed by atoms with Gasteiger partial charge in [-0.15, -0.1) is 0 Å². The first kappa shape index (κ1) is 15.0. The first-order valence-electron chi connectivity index (χ1n) is 5.88. The van der Waals surface area contributed by atoms with Crippen molar-refractivity contribution in [2.24, 2.45) is 0 Å². The van der Waals surface area contributed by atoms with E-state index in [4.69, 9.17) is 4.74 Å². The molecule has 0 amide bonds. The van der Waals surface area contributed by atoms with Crippen molar-refractivity contribution >= 4 is 0 Å². The molecular weight excluding hydrogens is 243 g/mol. The molecule has 0 bridgehead atoms. The average molecular weight is 261 g/mol. The Balaban J connectivity index is 2.47. The van der Waals surface area contributed by atoms with Crippen molar-refractivity contribution in [3.05, 3.63) is 35.4 Å². The Labute approximate surface area is 105 Å². The molecule has 0 unspecified atom stereocenters. The van der Waals surface area contributed by atoms with Crippen molar-refractivity contribution in [1.29, 1.82) is 0 Å². The van der Waals surface area contributed by atoms with Gasteiger partial charge in [-0.05, 0) is 25.5 Å². The summed E-state index contributed by atoms with van der Waals surface area (Å²) >= 11 is 0. The lowest BCUT2D eigenvalue weighted by atomic mass is 10.1. The summed E-state index contributed by atoms with van der Waals surface area (Å²) in [6.45, 7) is 5.05. The molecule has 0 aliphatic carbocycles. The average Bonchev–Trinajstić information content (AvgIpc) is 2.27. The summed E-state index contributed by atoms with van der Waals surface area (Å²) < 4.78 is 43.3. The van der Waals surface area contributed by atoms with E-state index in [1.54, 1.807) is 6.07 Å². The van der Waals surface area contributed by atoms with Crippen LogP contribution in [-0.2, 0) is 17.5 Å². The molecule has 0 aliphatic rings. The van der Waals surface area contributed by atoms with E-state index in [1.165, 1.54) is 12.1 Å². The Morgan fingerprint density at radius 3 is 2.50 bits per heavy atom. The van der Waals surface area contributed by atoms with Gasteiger partial charge in [-0.2, -0.15) is 13.2 Å². The van der Waals surface area contributed by atoms with Crippen LogP contribution in [0.2, 0.25) is 0 Å². The second-order valence-electron chi connectivity index (χ2n) is 4.25. The molecule has 0 saturated carbocycles. The predicted octanol–water partition coefficient (Wildman–Crippen LogP) is 3.22. The molecule has 0 fully saturated rings. The van der Waals surface area contributed by atoms with Gasteiger partial charge in [-0.25, -0.2) is 0 Å². The van der Waals surface area contributed by atoms with Crippen molar-refractivity contribution in [2.45, 2.75) is 32.7 Å². The van der Waals surface area contributed by atoms with Crippen molar-refractivity contribution in [1.82, 2.24) is 5.32 Å². The Morgan fingerprint density at radius 1 is 1.22 bits per heavy atom. The van der Waals surface area contributed by atoms with Crippen molar-refractivity contribution in [2.75, 3.05) is 13.2 Å². The van der Waals surface area contributed by atoms with Crippen LogP contribution in [0.15, 0.2) is 24.3 Å². The fraction of sp³-hybridized carbons (Fsp3) is 0.538. The molecule has 2 nitrogen and oxygen atoms in total. The van der Waals surface area contributed by atoms with Gasteiger partial charge in [0.1, 0.15) is 0 Å². The lowest BCUT2D eigenvalue weighted by Gasteiger charge is -2.13. The van der Waals surface area contributed by atoms with Gasteiger partial charge in [0, 0.05) is 13.1 Å². The van der Waals surface area contributed by atoms with Gasteiger partial charge < -0.3 is 10.1 Å². The Bertz CT molecular complexity index is 363. The van der Waals surface area contributed by atoms with Crippen molar-refractivity contribution < 1.29 is 17.9 Å². The number of alkyl halides is 3. The molecule has 0 spiro atoms. The molecule has 0 heterocycles. The molecule has 1 N–H and O–H groups in total. The smallest absolute Gasteiger partial charge is 0.377 e. The van der Waals surface area contributed by atoms with E-state index in [2.05, 4.69) is 5.32 Å². The number of halogens is 3. The molecule has 0 aliphatic heterocycles. The lowest BCUT2D eigenvalue weighted by molar-refractivity contribution is -0.138. The second kappa shape index (κ2) is 6.75. The highest BCUT2D eigenvalue weighted by atomic mass is 19.4. The van der Waals surface area contributed by atoms with Crippen molar-refractivity contribution in [3.63, 3.8) is 0 Å². The van der Waals surface area contributed by atoms with Crippen LogP contribution in [0.5, 0.6) is 0 Å². The number of hydrogen-bond acceptors (Lipinski definition) is 2. The minimum Gasteiger partial charge on any atom is -0.377 e. The third-order valence-electron chi connectivity index (χ3n) is 2.37. The standard InChI is InChI=1S/C13H18F3NO/c1-10(2)18-8-7-17-9-11-5-3-4-6-12(11)13(14,15)16/h3-6,10,17H,7-9H2,1-2H3. The fourth-order valence-corrected chi connectivity index (χ4v) is 1.54. The van der Waals surface area contributed by atoms with Crippen LogP contribution in [0.25, 0.3) is 0 Å². The van der Waals surface area contributed by atoms with Crippen LogP contribution in [0.1, 0.15) is 25.0 Å². The zero-order chi connectivity index (χ0) is 13.6. The zero-order valence-corrected chi connectivity index (χ0v) is 10.6. The van der Waals surface area contributed by atoms with E-state index >= 15 is 0 Å². The molecule has 102 valence electrons. The topological polar surface area (TPSA) is 21.3 Å². The Morgan fingerprint density at radius 2 is 1.89 bits per heavy atom. The van der Waals surface area contributed by atoms with Gasteiger partial charge in [0.2, 0.25) is 0 Å². The molecular formula is C13H18F3NO. The molecule has 18 heavy (non-hydrogen) atoms. The zero-order valence-electron chi connectivity index (χ0n) is 10.6. The summed E-state index contributed by atoms with van der Waals surface area (Å²) in [4.78, 5) is 0. The Kier molecular flexibility index (Phi) is 5.62. The first-order chi connectivity index (χ1) is 8.41. The van der Waals surface area contributed by atoms with E-state index in [9.17, 15) is 13.2 Å². The molecule has 0 atom stereocenters. The van der Waals surface area contributed by atoms with Crippen LogP contribution in [0.4, 0.5) is 13.2 Å². The van der Waals surface area contributed by atoms with Gasteiger partial charge in [0.25, 0.3) is 0 Å². The summed E-state index contributed by atoms with van der Waals surface area (Å²) in [5, 5.41) is 2.94. The number of nitrogens with one attached hydrogen (secondary N) is 1. The molecule has 1 aromatic rings. The van der Waals surface area contributed by atoms with Crippen LogP contribution < -0.4 is 5.32 Å². The van der Waals surface area contributed by atoms with Gasteiger partial charge in [-0.3, -0.25) is 0 Å². The molecule has 1 aromatic carbocycles. The number of ether oxygens (including phenoxy) is 1. The maximum absolute atomic E-state index is 12.7. The highest BCUT2D eigenvalue weighted by molar-refractivity contribution is 5.29. The van der Waals surface area contributed by atoms with E-state index < -0.39 is 11.7 Å². The van der Waals surface area contributed by atoms with Crippen molar-refractivity contribution in [3.8, 4) is 0 Å². The van der Waals surface area contributed by atoms with E-state index in [-0.39, 0.29) is 18.2 Å². The van der Waals surface area contributed by atoms with Crippen LogP contribution in [-0.4, -0.2) is 19.3 Å². The summed E-state index contributed by atoms with van der Waals surface area (Å²) in [5.74, 6) is 0. The van der Waals surface area contributed by atoms with Crippen LogP contribution in [0, 0.1) is 0 Å². The number of benzene rings is 1. The highest BCUT2D eigenvalue weighted by Gasteiger charge is 2.32. The monoisotopic (exact) mass is 261 g/mol. The minimum absolute atomic E-state index is 0.134. The van der Waals surface area contributed by atoms with Crippen LogP contribution >= 0.6 is 0 Å². The third-order valence-corrected chi connectivity index (χ3v) is 2.37. The fourth-order valence-electron chi connectivity index (χ4n) is 1.54. The van der Waals surface area contributed by atoms with Gasteiger partial charge in [0.15, 0.2) is 0 Å². The van der Waals surface area contributed by atoms with Gasteiger partial charge in [0.05, 0.1) is 18.3 Å². The van der Waals surface area contributed by atoms with E-state index in [0.717, 1.165) is 6.07 Å². The number of hydrogen-bond donors (Lipinski definition) is 1. The normalized spacial score (nSPS) is 12.1. The molecule has 0 radical (unpaired) electrons. The molecule has 5 heteroatoms. The summed E-state index contributed by atoms with van der Waals surface area (Å²) in [6.07, 6.45) is -4.17. The molecule has 0 saturated heterocycles. The maximum atomic E-state index is 12.7. The largest absolute Gasteiger partial charge is 0.416 e. The maximum Gasteiger partial charge on any atom is 0.416 e. The predicted molar refractivity (Wildman–Crippen MR) is 64.2 cm³/mol. The van der Waals surface area contributed by atoms with E-state index in [1.807, 2.05) is 13.8 Å². The minimum atomic E-state index is -4.30. The van der Waals surface area contributed by atoms with Crippen LogP contribution in [0.3, 0.4) is 0 Å². The summed E-state index contributed by atoms with van der Waals surface area (Å²) in [7, 11) is 0.